The Hall–Kier alpha value is -4.20. The van der Waals surface area contributed by atoms with Gasteiger partial charge in [-0.2, -0.15) is 0 Å². The standard InChI is InChI=1S/C21H30N6O8/c22-13(5-7-16(23)29)19(32)25-10-18(31)26-14(6-8-17(24)30)20(33)27-15(21(34)35)9-11-1-3-12(28)4-2-11/h1-4,13-15,28H,5-10,22H2,(H2,23,29)(H2,24,30)(H,25,32)(H,26,31)(H,27,33)(H,34,35). The molecular formula is C21H30N6O8. The Balaban J connectivity index is 2.77. The SMILES string of the molecule is NC(=O)CCC(N)C(=O)NCC(=O)NC(CCC(N)=O)C(=O)NC(Cc1ccc(O)cc1)C(=O)O. The van der Waals surface area contributed by atoms with E-state index >= 15 is 0 Å². The number of benzene rings is 1. The summed E-state index contributed by atoms with van der Waals surface area (Å²) in [6.45, 7) is -0.570. The molecule has 0 aromatic heterocycles. The van der Waals surface area contributed by atoms with E-state index in [4.69, 9.17) is 17.2 Å². The maximum Gasteiger partial charge on any atom is 0.326 e. The van der Waals surface area contributed by atoms with Crippen molar-refractivity contribution < 1.29 is 39.0 Å². The molecule has 1 rings (SSSR count). The molecule has 0 spiro atoms. The Morgan fingerprint density at radius 1 is 0.829 bits per heavy atom. The second-order valence-electron chi connectivity index (χ2n) is 7.72. The summed E-state index contributed by atoms with van der Waals surface area (Å²) in [7, 11) is 0. The van der Waals surface area contributed by atoms with Crippen LogP contribution in [0.2, 0.25) is 0 Å². The number of nitrogens with two attached hydrogens (primary N) is 3. The molecule has 0 saturated carbocycles. The first-order valence-electron chi connectivity index (χ1n) is 10.6. The maximum atomic E-state index is 12.7. The molecule has 1 aromatic rings. The van der Waals surface area contributed by atoms with Gasteiger partial charge in [-0.25, -0.2) is 4.79 Å². The topological polar surface area (TPSA) is 257 Å². The lowest BCUT2D eigenvalue weighted by molar-refractivity contribution is -0.142. The second-order valence-corrected chi connectivity index (χ2v) is 7.72. The third kappa shape index (κ3) is 11.5. The van der Waals surface area contributed by atoms with E-state index in [-0.39, 0.29) is 37.9 Å². The number of aliphatic carboxylic acids is 1. The van der Waals surface area contributed by atoms with Crippen molar-refractivity contribution >= 4 is 35.5 Å². The van der Waals surface area contributed by atoms with Crippen molar-refractivity contribution in [3.8, 4) is 5.75 Å². The lowest BCUT2D eigenvalue weighted by Crippen LogP contribution is -2.54. The van der Waals surface area contributed by atoms with Crippen molar-refractivity contribution in [2.24, 2.45) is 17.2 Å². The number of amides is 5. The number of phenols is 1. The average Bonchev–Trinajstić information content (AvgIpc) is 2.78. The summed E-state index contributed by atoms with van der Waals surface area (Å²) in [4.78, 5) is 70.5. The van der Waals surface area contributed by atoms with E-state index in [0.29, 0.717) is 5.56 Å². The smallest absolute Gasteiger partial charge is 0.326 e. The van der Waals surface area contributed by atoms with E-state index in [9.17, 15) is 39.0 Å². The van der Waals surface area contributed by atoms with Crippen LogP contribution in [0.4, 0.5) is 0 Å². The number of carboxylic acid groups (broad SMARTS) is 1. The molecular weight excluding hydrogens is 464 g/mol. The van der Waals surface area contributed by atoms with Crippen LogP contribution in [-0.2, 0) is 35.2 Å². The van der Waals surface area contributed by atoms with Gasteiger partial charge in [0.05, 0.1) is 12.6 Å². The van der Waals surface area contributed by atoms with Crippen molar-refractivity contribution in [1.82, 2.24) is 16.0 Å². The third-order valence-corrected chi connectivity index (χ3v) is 4.78. The van der Waals surface area contributed by atoms with Crippen LogP contribution in [0.25, 0.3) is 0 Å². The number of hydrogen-bond donors (Lipinski definition) is 8. The zero-order valence-corrected chi connectivity index (χ0v) is 18.9. The largest absolute Gasteiger partial charge is 0.508 e. The highest BCUT2D eigenvalue weighted by molar-refractivity contribution is 5.93. The van der Waals surface area contributed by atoms with Crippen molar-refractivity contribution in [2.45, 2.75) is 50.2 Å². The number of aromatic hydroxyl groups is 1. The number of rotatable bonds is 15. The van der Waals surface area contributed by atoms with Gasteiger partial charge in [-0.1, -0.05) is 12.1 Å². The minimum atomic E-state index is -1.37. The van der Waals surface area contributed by atoms with Gasteiger partial charge in [0, 0.05) is 19.3 Å². The fraction of sp³-hybridized carbons (Fsp3) is 0.429. The normalized spacial score (nSPS) is 13.1. The average molecular weight is 495 g/mol. The van der Waals surface area contributed by atoms with Gasteiger partial charge in [-0.15, -0.1) is 0 Å². The minimum Gasteiger partial charge on any atom is -0.508 e. The number of carbonyl (C=O) groups excluding carboxylic acids is 5. The summed E-state index contributed by atoms with van der Waals surface area (Å²) >= 11 is 0. The highest BCUT2D eigenvalue weighted by Crippen LogP contribution is 2.12. The first kappa shape index (κ1) is 28.8. The third-order valence-electron chi connectivity index (χ3n) is 4.78. The summed E-state index contributed by atoms with van der Waals surface area (Å²) < 4.78 is 0. The molecule has 0 aliphatic heterocycles. The van der Waals surface area contributed by atoms with Gasteiger partial charge < -0.3 is 43.4 Å². The molecule has 192 valence electrons. The Morgan fingerprint density at radius 2 is 1.40 bits per heavy atom. The van der Waals surface area contributed by atoms with Crippen molar-refractivity contribution in [3.05, 3.63) is 29.8 Å². The summed E-state index contributed by atoms with van der Waals surface area (Å²) in [5.41, 5.74) is 16.2. The Morgan fingerprint density at radius 3 is 1.94 bits per heavy atom. The van der Waals surface area contributed by atoms with Crippen molar-refractivity contribution in [2.75, 3.05) is 6.54 Å². The molecule has 0 aliphatic rings. The number of primary amides is 2. The molecule has 3 unspecified atom stereocenters. The molecule has 14 nitrogen and oxygen atoms in total. The van der Waals surface area contributed by atoms with Gasteiger partial charge in [-0.3, -0.25) is 24.0 Å². The molecule has 0 heterocycles. The molecule has 0 aliphatic carbocycles. The summed E-state index contributed by atoms with van der Waals surface area (Å²) in [5, 5.41) is 25.7. The fourth-order valence-corrected chi connectivity index (χ4v) is 2.87. The van der Waals surface area contributed by atoms with E-state index in [0.717, 1.165) is 0 Å². The number of phenolic OH excluding ortho intramolecular Hbond substituents is 1. The highest BCUT2D eigenvalue weighted by Gasteiger charge is 2.27. The van der Waals surface area contributed by atoms with Gasteiger partial charge in [0.25, 0.3) is 0 Å². The Bertz CT molecular complexity index is 936. The molecule has 1 aromatic carbocycles. The van der Waals surface area contributed by atoms with Crippen LogP contribution in [0, 0.1) is 0 Å². The first-order chi connectivity index (χ1) is 16.4. The maximum absolute atomic E-state index is 12.7. The highest BCUT2D eigenvalue weighted by atomic mass is 16.4. The van der Waals surface area contributed by atoms with Gasteiger partial charge >= 0.3 is 5.97 Å². The Labute approximate surface area is 200 Å². The van der Waals surface area contributed by atoms with Gasteiger partial charge in [0.2, 0.25) is 29.5 Å². The summed E-state index contributed by atoms with van der Waals surface area (Å²) in [6.07, 6.45) is -0.755. The van der Waals surface area contributed by atoms with Crippen LogP contribution in [0.5, 0.6) is 5.75 Å². The number of carboxylic acids is 1. The van der Waals surface area contributed by atoms with E-state index in [1.54, 1.807) is 0 Å². The molecule has 0 bridgehead atoms. The van der Waals surface area contributed by atoms with E-state index in [1.807, 2.05) is 0 Å². The summed E-state index contributed by atoms with van der Waals surface area (Å²) in [5.74, 6) is -5.16. The van der Waals surface area contributed by atoms with Crippen molar-refractivity contribution in [1.29, 1.82) is 0 Å². The lowest BCUT2D eigenvalue weighted by Gasteiger charge is -2.21. The molecule has 5 amide bonds. The van der Waals surface area contributed by atoms with Crippen LogP contribution in [-0.4, -0.2) is 70.4 Å². The van der Waals surface area contributed by atoms with Crippen LogP contribution in [0.3, 0.4) is 0 Å². The van der Waals surface area contributed by atoms with Crippen LogP contribution in [0.1, 0.15) is 31.2 Å². The first-order valence-corrected chi connectivity index (χ1v) is 10.6. The zero-order valence-electron chi connectivity index (χ0n) is 18.9. The lowest BCUT2D eigenvalue weighted by atomic mass is 10.0. The molecule has 0 saturated heterocycles. The quantitative estimate of drug-likeness (QED) is 0.123. The second kappa shape index (κ2) is 14.1. The van der Waals surface area contributed by atoms with Gasteiger partial charge in [0.15, 0.2) is 0 Å². The molecule has 0 fully saturated rings. The monoisotopic (exact) mass is 494 g/mol. The van der Waals surface area contributed by atoms with E-state index in [2.05, 4.69) is 16.0 Å². The van der Waals surface area contributed by atoms with E-state index < -0.39 is 60.2 Å². The predicted molar refractivity (Wildman–Crippen MR) is 121 cm³/mol. The summed E-state index contributed by atoms with van der Waals surface area (Å²) in [6, 6.07) is 1.92. The predicted octanol–water partition coefficient (Wildman–Crippen LogP) is -3.04. The molecule has 35 heavy (non-hydrogen) atoms. The Kier molecular flexibility index (Phi) is 11.7. The van der Waals surface area contributed by atoms with Crippen molar-refractivity contribution in [3.63, 3.8) is 0 Å². The van der Waals surface area contributed by atoms with E-state index in [1.165, 1.54) is 24.3 Å². The molecule has 0 radical (unpaired) electrons. The fourth-order valence-electron chi connectivity index (χ4n) is 2.87. The van der Waals surface area contributed by atoms with Crippen LogP contribution < -0.4 is 33.2 Å². The van der Waals surface area contributed by atoms with Gasteiger partial charge in [0.1, 0.15) is 17.8 Å². The molecule has 11 N–H and O–H groups in total. The number of carbonyl (C=O) groups is 6. The zero-order chi connectivity index (χ0) is 26.5. The molecule has 3 atom stereocenters. The molecule has 14 heteroatoms. The van der Waals surface area contributed by atoms with Crippen LogP contribution in [0.15, 0.2) is 24.3 Å². The minimum absolute atomic E-state index is 0.0141. The van der Waals surface area contributed by atoms with Gasteiger partial charge in [-0.05, 0) is 30.5 Å². The number of nitrogens with one attached hydrogen (secondary N) is 3. The van der Waals surface area contributed by atoms with Crippen LogP contribution >= 0.6 is 0 Å². The number of hydrogen-bond acceptors (Lipinski definition) is 8.